The third kappa shape index (κ3) is 4.27. The number of aromatic nitrogens is 2. The number of nitro benzene ring substituents is 1. The molecule has 0 atom stereocenters. The highest BCUT2D eigenvalue weighted by Crippen LogP contribution is 2.27. The largest absolute Gasteiger partial charge is 0.379 e. The molecule has 0 saturated carbocycles. The Balaban J connectivity index is 1.74. The van der Waals surface area contributed by atoms with Gasteiger partial charge in [0, 0.05) is 25.2 Å². The summed E-state index contributed by atoms with van der Waals surface area (Å²) < 4.78 is 0. The molecule has 3 aromatic rings. The second kappa shape index (κ2) is 7.65. The van der Waals surface area contributed by atoms with Crippen LogP contribution in [0.1, 0.15) is 12.5 Å². The first-order valence-corrected chi connectivity index (χ1v) is 8.20. The minimum Gasteiger partial charge on any atom is -0.379 e. The van der Waals surface area contributed by atoms with E-state index in [0.717, 1.165) is 5.56 Å². The Hall–Kier alpha value is -3.75. The second-order valence-electron chi connectivity index (χ2n) is 5.93. The van der Waals surface area contributed by atoms with Gasteiger partial charge in [0.05, 0.1) is 22.2 Å². The average molecular weight is 367 g/mol. The van der Waals surface area contributed by atoms with E-state index in [1.807, 2.05) is 12.1 Å². The maximum absolute atomic E-state index is 11.8. The molecular formula is C18H17N5O4. The maximum atomic E-state index is 11.8. The SMILES string of the molecule is CC(=O)Nc1ccc(CCNc2cc3nc[nH]c(=O)c3cc2[N+](=O)[O-])cc1. The van der Waals surface area contributed by atoms with Gasteiger partial charge in [-0.05, 0) is 30.2 Å². The number of nitrogens with zero attached hydrogens (tertiary/aromatic N) is 2. The van der Waals surface area contributed by atoms with Crippen molar-refractivity contribution in [3.8, 4) is 0 Å². The van der Waals surface area contributed by atoms with Crippen LogP contribution in [0.25, 0.3) is 10.9 Å². The van der Waals surface area contributed by atoms with Crippen molar-refractivity contribution in [1.29, 1.82) is 0 Å². The quantitative estimate of drug-likeness (QED) is 0.453. The van der Waals surface area contributed by atoms with E-state index in [0.29, 0.717) is 29.9 Å². The van der Waals surface area contributed by atoms with Crippen LogP contribution in [0.3, 0.4) is 0 Å². The van der Waals surface area contributed by atoms with E-state index >= 15 is 0 Å². The zero-order chi connectivity index (χ0) is 19.4. The van der Waals surface area contributed by atoms with Gasteiger partial charge in [0.25, 0.3) is 11.2 Å². The molecule has 138 valence electrons. The van der Waals surface area contributed by atoms with Gasteiger partial charge in [0.1, 0.15) is 5.69 Å². The molecule has 2 aromatic carbocycles. The molecule has 0 aliphatic carbocycles. The van der Waals surface area contributed by atoms with Gasteiger partial charge >= 0.3 is 0 Å². The summed E-state index contributed by atoms with van der Waals surface area (Å²) in [5, 5.41) is 17.2. The first kappa shape index (κ1) is 18.1. The molecule has 0 aliphatic rings. The summed E-state index contributed by atoms with van der Waals surface area (Å²) in [5.41, 5.74) is 1.80. The van der Waals surface area contributed by atoms with Crippen LogP contribution in [0.2, 0.25) is 0 Å². The van der Waals surface area contributed by atoms with Crippen molar-refractivity contribution in [2.75, 3.05) is 17.2 Å². The Morgan fingerprint density at radius 1 is 1.26 bits per heavy atom. The zero-order valence-electron chi connectivity index (χ0n) is 14.5. The topological polar surface area (TPSA) is 130 Å². The fraction of sp³-hybridized carbons (Fsp3) is 0.167. The molecule has 1 amide bonds. The summed E-state index contributed by atoms with van der Waals surface area (Å²) in [6.45, 7) is 1.89. The van der Waals surface area contributed by atoms with Crippen molar-refractivity contribution >= 4 is 33.9 Å². The summed E-state index contributed by atoms with van der Waals surface area (Å²) >= 11 is 0. The first-order chi connectivity index (χ1) is 12.9. The van der Waals surface area contributed by atoms with Crippen LogP contribution in [-0.2, 0) is 11.2 Å². The standard InChI is InChI=1S/C18H17N5O4/c1-11(24)22-13-4-2-12(3-5-13)6-7-19-16-9-15-14(8-17(16)23(26)27)18(25)21-10-20-15/h2-5,8-10,19H,6-7H2,1H3,(H,22,24)(H,20,21,25). The molecule has 1 aromatic heterocycles. The molecule has 1 heterocycles. The number of nitrogens with one attached hydrogen (secondary N) is 3. The van der Waals surface area contributed by atoms with Gasteiger partial charge in [-0.1, -0.05) is 12.1 Å². The number of H-pyrrole nitrogens is 1. The third-order valence-corrected chi connectivity index (χ3v) is 3.96. The molecule has 3 rings (SSSR count). The predicted octanol–water partition coefficient (Wildman–Crippen LogP) is 2.44. The average Bonchev–Trinajstić information content (AvgIpc) is 2.62. The van der Waals surface area contributed by atoms with Gasteiger partial charge in [0.15, 0.2) is 0 Å². The van der Waals surface area contributed by atoms with Crippen molar-refractivity contribution in [2.45, 2.75) is 13.3 Å². The summed E-state index contributed by atoms with van der Waals surface area (Å²) in [6.07, 6.45) is 1.88. The number of benzene rings is 2. The third-order valence-electron chi connectivity index (χ3n) is 3.96. The van der Waals surface area contributed by atoms with Crippen molar-refractivity contribution in [3.63, 3.8) is 0 Å². The number of fused-ring (bicyclic) bond motifs is 1. The Labute approximate surface area is 153 Å². The Morgan fingerprint density at radius 3 is 2.67 bits per heavy atom. The number of aromatic amines is 1. The second-order valence-corrected chi connectivity index (χ2v) is 5.93. The zero-order valence-corrected chi connectivity index (χ0v) is 14.5. The van der Waals surface area contributed by atoms with Crippen LogP contribution in [0.5, 0.6) is 0 Å². The molecule has 3 N–H and O–H groups in total. The van der Waals surface area contributed by atoms with Crippen molar-refractivity contribution in [2.24, 2.45) is 0 Å². The molecule has 0 radical (unpaired) electrons. The van der Waals surface area contributed by atoms with Crippen LogP contribution in [0.4, 0.5) is 17.1 Å². The Bertz CT molecular complexity index is 1060. The fourth-order valence-electron chi connectivity index (χ4n) is 2.70. The lowest BCUT2D eigenvalue weighted by atomic mass is 10.1. The van der Waals surface area contributed by atoms with Crippen LogP contribution >= 0.6 is 0 Å². The number of nitro groups is 1. The van der Waals surface area contributed by atoms with Crippen molar-refractivity contribution in [1.82, 2.24) is 9.97 Å². The maximum Gasteiger partial charge on any atom is 0.293 e. The van der Waals surface area contributed by atoms with E-state index < -0.39 is 10.5 Å². The molecule has 9 heteroatoms. The van der Waals surface area contributed by atoms with Crippen molar-refractivity contribution < 1.29 is 9.72 Å². The minimum absolute atomic E-state index is 0.138. The molecule has 0 saturated heterocycles. The molecule has 0 spiro atoms. The van der Waals surface area contributed by atoms with Gasteiger partial charge in [-0.15, -0.1) is 0 Å². The van der Waals surface area contributed by atoms with E-state index in [1.165, 1.54) is 25.4 Å². The Kier molecular flexibility index (Phi) is 5.11. The molecular weight excluding hydrogens is 350 g/mol. The molecule has 0 bridgehead atoms. The molecule has 9 nitrogen and oxygen atoms in total. The first-order valence-electron chi connectivity index (χ1n) is 8.20. The predicted molar refractivity (Wildman–Crippen MR) is 102 cm³/mol. The summed E-state index contributed by atoms with van der Waals surface area (Å²) in [6, 6.07) is 10.1. The van der Waals surface area contributed by atoms with Gasteiger partial charge in [0.2, 0.25) is 5.91 Å². The molecule has 0 fully saturated rings. The van der Waals surface area contributed by atoms with Gasteiger partial charge < -0.3 is 15.6 Å². The van der Waals surface area contributed by atoms with E-state index in [9.17, 15) is 19.7 Å². The Morgan fingerprint density at radius 2 is 2.00 bits per heavy atom. The number of carbonyl (C=O) groups excluding carboxylic acids is 1. The fourth-order valence-corrected chi connectivity index (χ4v) is 2.70. The van der Waals surface area contributed by atoms with Crippen LogP contribution in [0, 0.1) is 10.1 Å². The van der Waals surface area contributed by atoms with Gasteiger partial charge in [-0.2, -0.15) is 0 Å². The lowest BCUT2D eigenvalue weighted by Gasteiger charge is -2.09. The number of carbonyl (C=O) groups is 1. The number of hydrogen-bond acceptors (Lipinski definition) is 6. The number of amides is 1. The minimum atomic E-state index is -0.531. The van der Waals surface area contributed by atoms with Gasteiger partial charge in [-0.3, -0.25) is 19.7 Å². The summed E-state index contributed by atoms with van der Waals surface area (Å²) in [7, 11) is 0. The van der Waals surface area contributed by atoms with Crippen LogP contribution in [-0.4, -0.2) is 27.3 Å². The van der Waals surface area contributed by atoms with E-state index in [1.54, 1.807) is 12.1 Å². The number of rotatable bonds is 6. The smallest absolute Gasteiger partial charge is 0.293 e. The summed E-state index contributed by atoms with van der Waals surface area (Å²) in [4.78, 5) is 40.1. The number of anilines is 2. The lowest BCUT2D eigenvalue weighted by molar-refractivity contribution is -0.383. The van der Waals surface area contributed by atoms with E-state index in [4.69, 9.17) is 0 Å². The normalized spacial score (nSPS) is 10.6. The highest BCUT2D eigenvalue weighted by molar-refractivity contribution is 5.88. The van der Waals surface area contributed by atoms with E-state index in [-0.39, 0.29) is 17.0 Å². The monoisotopic (exact) mass is 367 g/mol. The number of hydrogen-bond donors (Lipinski definition) is 3. The highest BCUT2D eigenvalue weighted by atomic mass is 16.6. The van der Waals surface area contributed by atoms with Crippen LogP contribution < -0.4 is 16.2 Å². The van der Waals surface area contributed by atoms with Crippen molar-refractivity contribution in [3.05, 3.63) is 68.8 Å². The molecule has 0 aliphatic heterocycles. The van der Waals surface area contributed by atoms with E-state index in [2.05, 4.69) is 20.6 Å². The molecule has 27 heavy (non-hydrogen) atoms. The molecule has 0 unspecified atom stereocenters. The van der Waals surface area contributed by atoms with Crippen LogP contribution in [0.15, 0.2) is 47.5 Å². The highest BCUT2D eigenvalue weighted by Gasteiger charge is 2.16. The lowest BCUT2D eigenvalue weighted by Crippen LogP contribution is -2.10. The van der Waals surface area contributed by atoms with Gasteiger partial charge in [-0.25, -0.2) is 4.98 Å². The summed E-state index contributed by atoms with van der Waals surface area (Å²) in [5.74, 6) is -0.138.